The number of hydrogen-bond acceptors (Lipinski definition) is 3. The maximum atomic E-state index is 12.7. The summed E-state index contributed by atoms with van der Waals surface area (Å²) < 4.78 is 39.9. The molecule has 1 unspecified atom stereocenters. The molecule has 3 aromatic rings. The second-order valence-corrected chi connectivity index (χ2v) is 5.49. The first-order valence-corrected chi connectivity index (χ1v) is 7.40. The second-order valence-electron chi connectivity index (χ2n) is 5.49. The topological polar surface area (TPSA) is 66.6 Å². The lowest BCUT2D eigenvalue weighted by molar-refractivity contribution is -0.137. The Morgan fingerprint density at radius 1 is 1.28 bits per heavy atom. The van der Waals surface area contributed by atoms with Gasteiger partial charge in [0.2, 0.25) is 0 Å². The highest BCUT2D eigenvalue weighted by atomic mass is 19.4. The molecule has 0 aliphatic carbocycles. The number of benzene rings is 1. The molecule has 0 bridgehead atoms. The van der Waals surface area contributed by atoms with Gasteiger partial charge in [0, 0.05) is 18.3 Å². The van der Waals surface area contributed by atoms with E-state index in [1.54, 1.807) is 35.3 Å². The van der Waals surface area contributed by atoms with E-state index in [1.165, 1.54) is 12.1 Å². The van der Waals surface area contributed by atoms with Gasteiger partial charge in [0.15, 0.2) is 0 Å². The number of aromatic nitrogens is 2. The van der Waals surface area contributed by atoms with Crippen LogP contribution in [-0.2, 0) is 6.18 Å². The molecule has 8 heteroatoms. The summed E-state index contributed by atoms with van der Waals surface area (Å²) >= 11 is 0. The molecular weight excluding hydrogens is 335 g/mol. The van der Waals surface area contributed by atoms with Crippen molar-refractivity contribution in [2.24, 2.45) is 0 Å². The summed E-state index contributed by atoms with van der Waals surface area (Å²) in [4.78, 5) is 16.1. The number of aliphatic hydroxyl groups is 1. The minimum absolute atomic E-state index is 0.0846. The van der Waals surface area contributed by atoms with Crippen molar-refractivity contribution >= 4 is 11.4 Å². The molecule has 0 saturated carbocycles. The predicted octanol–water partition coefficient (Wildman–Crippen LogP) is 2.82. The van der Waals surface area contributed by atoms with Crippen molar-refractivity contribution in [2.75, 3.05) is 6.54 Å². The summed E-state index contributed by atoms with van der Waals surface area (Å²) in [6.07, 6.45) is -0.882. The Bertz CT molecular complexity index is 905. The first-order valence-electron chi connectivity index (χ1n) is 7.40. The number of aliphatic hydroxyl groups excluding tert-OH is 1. The lowest BCUT2D eigenvalue weighted by Gasteiger charge is -2.14. The number of pyridine rings is 1. The van der Waals surface area contributed by atoms with Gasteiger partial charge in [0.25, 0.3) is 5.91 Å². The van der Waals surface area contributed by atoms with Gasteiger partial charge in [-0.3, -0.25) is 4.79 Å². The highest BCUT2D eigenvalue weighted by molar-refractivity contribution is 5.95. The number of halogens is 3. The zero-order valence-electron chi connectivity index (χ0n) is 12.9. The molecule has 2 heterocycles. The Kier molecular flexibility index (Phi) is 4.45. The van der Waals surface area contributed by atoms with Gasteiger partial charge in [0.1, 0.15) is 0 Å². The van der Waals surface area contributed by atoms with Crippen LogP contribution in [0.2, 0.25) is 0 Å². The van der Waals surface area contributed by atoms with Gasteiger partial charge >= 0.3 is 6.18 Å². The molecule has 0 radical (unpaired) electrons. The van der Waals surface area contributed by atoms with E-state index in [0.29, 0.717) is 5.56 Å². The second kappa shape index (κ2) is 6.56. The van der Waals surface area contributed by atoms with Crippen molar-refractivity contribution in [3.63, 3.8) is 0 Å². The van der Waals surface area contributed by atoms with Gasteiger partial charge in [-0.2, -0.15) is 13.2 Å². The first kappa shape index (κ1) is 17.0. The quantitative estimate of drug-likeness (QED) is 0.761. The van der Waals surface area contributed by atoms with E-state index >= 15 is 0 Å². The van der Waals surface area contributed by atoms with Gasteiger partial charge in [-0.05, 0) is 29.8 Å². The van der Waals surface area contributed by atoms with Crippen molar-refractivity contribution in [3.8, 4) is 0 Å². The average Bonchev–Trinajstić information content (AvgIpc) is 3.06. The Labute approximate surface area is 140 Å². The maximum Gasteiger partial charge on any atom is 0.416 e. The predicted molar refractivity (Wildman–Crippen MR) is 83.9 cm³/mol. The van der Waals surface area contributed by atoms with Gasteiger partial charge < -0.3 is 14.8 Å². The molecule has 0 aliphatic heterocycles. The van der Waals surface area contributed by atoms with E-state index in [4.69, 9.17) is 0 Å². The first-order chi connectivity index (χ1) is 11.8. The fourth-order valence-corrected chi connectivity index (χ4v) is 2.39. The standard InChI is InChI=1S/C17H14F3N3O2/c18-17(19,20)13-3-1-2-11(6-13)15(24)9-22-16(25)12-4-5-23-10-21-8-14(23)7-12/h1-8,10,15,24H,9H2,(H,22,25). The number of hydrogen-bond donors (Lipinski definition) is 2. The van der Waals surface area contributed by atoms with Gasteiger partial charge in [-0.25, -0.2) is 4.98 Å². The number of fused-ring (bicyclic) bond motifs is 1. The fraction of sp³-hybridized carbons (Fsp3) is 0.176. The molecule has 2 N–H and O–H groups in total. The van der Waals surface area contributed by atoms with Crippen LogP contribution in [0.15, 0.2) is 55.1 Å². The highest BCUT2D eigenvalue weighted by Gasteiger charge is 2.30. The number of alkyl halides is 3. The normalized spacial score (nSPS) is 13.0. The summed E-state index contributed by atoms with van der Waals surface area (Å²) in [5.74, 6) is -0.435. The monoisotopic (exact) mass is 349 g/mol. The van der Waals surface area contributed by atoms with Crippen LogP contribution in [-0.4, -0.2) is 26.9 Å². The zero-order chi connectivity index (χ0) is 18.0. The number of rotatable bonds is 4. The molecule has 1 aromatic carbocycles. The van der Waals surface area contributed by atoms with Gasteiger partial charge in [-0.1, -0.05) is 12.1 Å². The number of carbonyl (C=O) groups is 1. The van der Waals surface area contributed by atoms with E-state index in [0.717, 1.165) is 17.6 Å². The van der Waals surface area contributed by atoms with Crippen LogP contribution < -0.4 is 5.32 Å². The molecule has 25 heavy (non-hydrogen) atoms. The summed E-state index contributed by atoms with van der Waals surface area (Å²) in [6.45, 7) is -0.204. The molecular formula is C17H14F3N3O2. The molecule has 1 amide bonds. The van der Waals surface area contributed by atoms with Crippen LogP contribution in [0.25, 0.3) is 5.52 Å². The Hall–Kier alpha value is -2.87. The third kappa shape index (κ3) is 3.80. The minimum Gasteiger partial charge on any atom is -0.387 e. The number of imidazole rings is 1. The molecule has 0 aliphatic rings. The lowest BCUT2D eigenvalue weighted by atomic mass is 10.1. The van der Waals surface area contributed by atoms with E-state index in [1.807, 2.05) is 0 Å². The molecule has 3 rings (SSSR count). The third-order valence-electron chi connectivity index (χ3n) is 3.73. The van der Waals surface area contributed by atoms with Crippen molar-refractivity contribution in [1.29, 1.82) is 0 Å². The van der Waals surface area contributed by atoms with E-state index < -0.39 is 23.8 Å². The van der Waals surface area contributed by atoms with E-state index in [2.05, 4.69) is 10.3 Å². The maximum absolute atomic E-state index is 12.7. The van der Waals surface area contributed by atoms with Gasteiger partial charge in [-0.15, -0.1) is 0 Å². The fourth-order valence-electron chi connectivity index (χ4n) is 2.39. The highest BCUT2D eigenvalue weighted by Crippen LogP contribution is 2.30. The third-order valence-corrected chi connectivity index (χ3v) is 3.73. The van der Waals surface area contributed by atoms with Crippen LogP contribution in [0, 0.1) is 0 Å². The summed E-state index contributed by atoms with van der Waals surface area (Å²) in [5, 5.41) is 12.6. The largest absolute Gasteiger partial charge is 0.416 e. The van der Waals surface area contributed by atoms with Crippen molar-refractivity contribution in [2.45, 2.75) is 12.3 Å². The number of nitrogens with zero attached hydrogens (tertiary/aromatic N) is 2. The molecule has 0 spiro atoms. The molecule has 5 nitrogen and oxygen atoms in total. The smallest absolute Gasteiger partial charge is 0.387 e. The van der Waals surface area contributed by atoms with Crippen molar-refractivity contribution in [3.05, 3.63) is 71.8 Å². The van der Waals surface area contributed by atoms with Crippen LogP contribution in [0.4, 0.5) is 13.2 Å². The Morgan fingerprint density at radius 2 is 2.08 bits per heavy atom. The van der Waals surface area contributed by atoms with Crippen molar-refractivity contribution in [1.82, 2.24) is 14.7 Å². The minimum atomic E-state index is -4.49. The summed E-state index contributed by atoms with van der Waals surface area (Å²) in [6, 6.07) is 7.60. The van der Waals surface area contributed by atoms with Crippen LogP contribution in [0.3, 0.4) is 0 Å². The molecule has 0 fully saturated rings. The van der Waals surface area contributed by atoms with Crippen molar-refractivity contribution < 1.29 is 23.1 Å². The van der Waals surface area contributed by atoms with Crippen LogP contribution >= 0.6 is 0 Å². The summed E-state index contributed by atoms with van der Waals surface area (Å²) in [5.41, 5.74) is 0.332. The zero-order valence-corrected chi connectivity index (χ0v) is 12.9. The molecule has 2 aromatic heterocycles. The Morgan fingerprint density at radius 3 is 2.84 bits per heavy atom. The van der Waals surface area contributed by atoms with Crippen LogP contribution in [0.1, 0.15) is 27.6 Å². The number of carbonyl (C=O) groups excluding carboxylic acids is 1. The SMILES string of the molecule is O=C(NCC(O)c1cccc(C(F)(F)F)c1)c1ccn2cncc2c1. The molecule has 1 atom stereocenters. The number of nitrogens with one attached hydrogen (secondary N) is 1. The number of amides is 1. The van der Waals surface area contributed by atoms with E-state index in [-0.39, 0.29) is 12.1 Å². The van der Waals surface area contributed by atoms with E-state index in [9.17, 15) is 23.1 Å². The lowest BCUT2D eigenvalue weighted by Crippen LogP contribution is -2.28. The summed E-state index contributed by atoms with van der Waals surface area (Å²) in [7, 11) is 0. The van der Waals surface area contributed by atoms with Crippen LogP contribution in [0.5, 0.6) is 0 Å². The van der Waals surface area contributed by atoms with Gasteiger partial charge in [0.05, 0.1) is 29.7 Å². The average molecular weight is 349 g/mol. The molecule has 130 valence electrons. The Balaban J connectivity index is 1.67. The molecule has 0 saturated heterocycles.